The van der Waals surface area contributed by atoms with Crippen LogP contribution in [0.1, 0.15) is 0 Å². The van der Waals surface area contributed by atoms with E-state index in [0.717, 1.165) is 11.0 Å². The predicted octanol–water partition coefficient (Wildman–Crippen LogP) is 3.34. The molecule has 1 heterocycles. The molecule has 0 aliphatic heterocycles. The van der Waals surface area contributed by atoms with Gasteiger partial charge in [-0.3, -0.25) is 0 Å². The van der Waals surface area contributed by atoms with Crippen LogP contribution < -0.4 is 4.74 Å². The summed E-state index contributed by atoms with van der Waals surface area (Å²) >= 11 is 10.0. The number of thiocarbonyl (C=S) groups is 1. The van der Waals surface area contributed by atoms with Crippen LogP contribution in [0.25, 0.3) is 11.0 Å². The van der Waals surface area contributed by atoms with Gasteiger partial charge >= 0.3 is 0 Å². The van der Waals surface area contributed by atoms with Gasteiger partial charge in [0.2, 0.25) is 0 Å². The van der Waals surface area contributed by atoms with Gasteiger partial charge in [-0.15, -0.1) is 0 Å². The Morgan fingerprint density at radius 3 is 3.00 bits per heavy atom. The van der Waals surface area contributed by atoms with Gasteiger partial charge in [0.25, 0.3) is 4.51 Å². The first-order valence-corrected chi connectivity index (χ1v) is 4.39. The van der Waals surface area contributed by atoms with E-state index in [1.165, 1.54) is 0 Å². The Labute approximate surface area is 85.0 Å². The smallest absolute Gasteiger partial charge is 0.260 e. The Bertz CT molecular complexity index is 450. The van der Waals surface area contributed by atoms with E-state index in [2.05, 4.69) is 12.2 Å². The average Bonchev–Trinajstić information content (AvgIpc) is 2.49. The quantitative estimate of drug-likeness (QED) is 0.535. The van der Waals surface area contributed by atoms with E-state index in [4.69, 9.17) is 20.8 Å². The topological polar surface area (TPSA) is 22.4 Å². The molecule has 0 fully saturated rings. The van der Waals surface area contributed by atoms with Gasteiger partial charge in [-0.1, -0.05) is 0 Å². The Hall–Kier alpha value is -1.06. The summed E-state index contributed by atoms with van der Waals surface area (Å²) in [5.74, 6) is 0.619. The second kappa shape index (κ2) is 3.36. The van der Waals surface area contributed by atoms with E-state index >= 15 is 0 Å². The summed E-state index contributed by atoms with van der Waals surface area (Å²) < 4.78 is 10.2. The summed E-state index contributed by atoms with van der Waals surface area (Å²) in [5, 5.41) is 0.963. The SMILES string of the molecule is S=C(Cl)Oc1ccc2occc2c1. The van der Waals surface area contributed by atoms with Crippen molar-refractivity contribution >= 4 is 39.3 Å². The molecule has 2 aromatic rings. The van der Waals surface area contributed by atoms with Crippen LogP contribution in [-0.4, -0.2) is 4.51 Å². The number of halogens is 1. The Kier molecular flexibility index (Phi) is 2.20. The van der Waals surface area contributed by atoms with Gasteiger partial charge in [0.1, 0.15) is 11.3 Å². The summed E-state index contributed by atoms with van der Waals surface area (Å²) in [6.45, 7) is 0. The zero-order chi connectivity index (χ0) is 9.26. The Balaban J connectivity index is 2.42. The van der Waals surface area contributed by atoms with Crippen molar-refractivity contribution < 1.29 is 9.15 Å². The van der Waals surface area contributed by atoms with Crippen molar-refractivity contribution in [1.29, 1.82) is 0 Å². The molecule has 0 saturated heterocycles. The van der Waals surface area contributed by atoms with E-state index in [0.29, 0.717) is 5.75 Å². The molecule has 1 aromatic heterocycles. The number of ether oxygens (including phenoxy) is 1. The van der Waals surface area contributed by atoms with Crippen molar-refractivity contribution in [2.45, 2.75) is 0 Å². The lowest BCUT2D eigenvalue weighted by atomic mass is 10.2. The highest BCUT2D eigenvalue weighted by Crippen LogP contribution is 2.21. The van der Waals surface area contributed by atoms with Crippen LogP contribution in [0, 0.1) is 0 Å². The molecule has 0 saturated carbocycles. The van der Waals surface area contributed by atoms with Gasteiger partial charge in [-0.25, -0.2) is 0 Å². The van der Waals surface area contributed by atoms with Gasteiger partial charge in [-0.05, 0) is 48.1 Å². The summed E-state index contributed by atoms with van der Waals surface area (Å²) in [7, 11) is 0. The van der Waals surface area contributed by atoms with Crippen LogP contribution in [0.5, 0.6) is 5.75 Å². The van der Waals surface area contributed by atoms with E-state index in [1.54, 1.807) is 18.4 Å². The van der Waals surface area contributed by atoms with Gasteiger partial charge in [-0.2, -0.15) is 0 Å². The van der Waals surface area contributed by atoms with Crippen LogP contribution in [-0.2, 0) is 0 Å². The molecule has 4 heteroatoms. The van der Waals surface area contributed by atoms with Crippen molar-refractivity contribution in [1.82, 2.24) is 0 Å². The highest BCUT2D eigenvalue weighted by molar-refractivity contribution is 7.82. The highest BCUT2D eigenvalue weighted by Gasteiger charge is 2.00. The minimum Gasteiger partial charge on any atom is -0.464 e. The van der Waals surface area contributed by atoms with E-state index < -0.39 is 0 Å². The van der Waals surface area contributed by atoms with Crippen LogP contribution >= 0.6 is 23.8 Å². The molecule has 66 valence electrons. The van der Waals surface area contributed by atoms with Crippen molar-refractivity contribution in [3.63, 3.8) is 0 Å². The van der Waals surface area contributed by atoms with Crippen LogP contribution in [0.3, 0.4) is 0 Å². The van der Waals surface area contributed by atoms with Crippen molar-refractivity contribution in [2.75, 3.05) is 0 Å². The molecule has 0 radical (unpaired) electrons. The standard InChI is InChI=1S/C9H5ClO2S/c10-9(13)12-7-1-2-8-6(5-7)3-4-11-8/h1-5H. The summed E-state index contributed by atoms with van der Waals surface area (Å²) in [5.41, 5.74) is 0.813. The lowest BCUT2D eigenvalue weighted by molar-refractivity contribution is 0.577. The van der Waals surface area contributed by atoms with Crippen molar-refractivity contribution in [3.8, 4) is 5.75 Å². The summed E-state index contributed by atoms with van der Waals surface area (Å²) in [4.78, 5) is 0. The first-order valence-electron chi connectivity index (χ1n) is 3.60. The molecular formula is C9H5ClO2S. The molecule has 0 bridgehead atoms. The molecule has 2 nitrogen and oxygen atoms in total. The Morgan fingerprint density at radius 1 is 1.38 bits per heavy atom. The molecular weight excluding hydrogens is 208 g/mol. The van der Waals surface area contributed by atoms with E-state index in [-0.39, 0.29) is 4.51 Å². The number of rotatable bonds is 1. The monoisotopic (exact) mass is 212 g/mol. The third kappa shape index (κ3) is 1.82. The van der Waals surface area contributed by atoms with Gasteiger partial charge in [0.05, 0.1) is 6.26 Å². The molecule has 0 amide bonds. The third-order valence-electron chi connectivity index (χ3n) is 1.62. The van der Waals surface area contributed by atoms with Gasteiger partial charge in [0, 0.05) is 5.39 Å². The zero-order valence-corrected chi connectivity index (χ0v) is 8.06. The number of hydrogen-bond acceptors (Lipinski definition) is 3. The number of hydrogen-bond donors (Lipinski definition) is 0. The molecule has 13 heavy (non-hydrogen) atoms. The third-order valence-corrected chi connectivity index (χ3v) is 1.78. The number of benzene rings is 1. The molecule has 0 spiro atoms. The maximum absolute atomic E-state index is 5.42. The second-order valence-corrected chi connectivity index (χ2v) is 3.40. The normalized spacial score (nSPS) is 10.2. The minimum atomic E-state index is -0.0113. The fraction of sp³-hybridized carbons (Fsp3) is 0. The van der Waals surface area contributed by atoms with Crippen LogP contribution in [0.4, 0.5) is 0 Å². The number of furan rings is 1. The van der Waals surface area contributed by atoms with Crippen LogP contribution in [0.2, 0.25) is 0 Å². The first kappa shape index (κ1) is 8.53. The maximum atomic E-state index is 5.42. The molecule has 1 aromatic carbocycles. The largest absolute Gasteiger partial charge is 0.464 e. The summed E-state index contributed by atoms with van der Waals surface area (Å²) in [6, 6.07) is 7.22. The van der Waals surface area contributed by atoms with Gasteiger partial charge < -0.3 is 9.15 Å². The van der Waals surface area contributed by atoms with Crippen LogP contribution in [0.15, 0.2) is 34.9 Å². The second-order valence-electron chi connectivity index (χ2n) is 2.46. The molecule has 0 N–H and O–H groups in total. The van der Waals surface area contributed by atoms with Crippen molar-refractivity contribution in [3.05, 3.63) is 30.5 Å². The number of fused-ring (bicyclic) bond motifs is 1. The van der Waals surface area contributed by atoms with Crippen molar-refractivity contribution in [2.24, 2.45) is 0 Å². The molecule has 0 aliphatic rings. The minimum absolute atomic E-state index is 0.0113. The molecule has 2 rings (SSSR count). The lowest BCUT2D eigenvalue weighted by Crippen LogP contribution is -1.94. The average molecular weight is 213 g/mol. The lowest BCUT2D eigenvalue weighted by Gasteiger charge is -1.99. The first-order chi connectivity index (χ1) is 6.25. The Morgan fingerprint density at radius 2 is 2.23 bits per heavy atom. The summed E-state index contributed by atoms with van der Waals surface area (Å²) in [6.07, 6.45) is 1.62. The highest BCUT2D eigenvalue weighted by atomic mass is 35.5. The molecule has 0 unspecified atom stereocenters. The van der Waals surface area contributed by atoms with Gasteiger partial charge in [0.15, 0.2) is 0 Å². The maximum Gasteiger partial charge on any atom is 0.260 e. The molecule has 0 aliphatic carbocycles. The predicted molar refractivity (Wildman–Crippen MR) is 55.3 cm³/mol. The van der Waals surface area contributed by atoms with E-state index in [9.17, 15) is 0 Å². The zero-order valence-electron chi connectivity index (χ0n) is 6.49. The fourth-order valence-electron chi connectivity index (χ4n) is 1.10. The van der Waals surface area contributed by atoms with E-state index in [1.807, 2.05) is 12.1 Å². The fourth-order valence-corrected chi connectivity index (χ4v) is 1.29. The molecule has 0 atom stereocenters.